The van der Waals surface area contributed by atoms with E-state index in [0.717, 1.165) is 5.56 Å². The number of halogens is 3. The Morgan fingerprint density at radius 2 is 1.77 bits per heavy atom. The molecule has 0 fully saturated rings. The van der Waals surface area contributed by atoms with Crippen molar-refractivity contribution in [1.82, 2.24) is 0 Å². The van der Waals surface area contributed by atoms with Gasteiger partial charge in [-0.1, -0.05) is 23.2 Å². The van der Waals surface area contributed by atoms with Gasteiger partial charge in [-0.05, 0) is 24.6 Å². The molecule has 1 aromatic carbocycles. The SMILES string of the molecule is Cc1cc(Cl)c(OCCCl)c(Cl)c1. The van der Waals surface area contributed by atoms with Crippen LogP contribution in [0.2, 0.25) is 10.0 Å². The summed E-state index contributed by atoms with van der Waals surface area (Å²) < 4.78 is 5.28. The third kappa shape index (κ3) is 2.94. The van der Waals surface area contributed by atoms with E-state index in [4.69, 9.17) is 39.5 Å². The van der Waals surface area contributed by atoms with E-state index in [9.17, 15) is 0 Å². The monoisotopic (exact) mass is 238 g/mol. The fourth-order valence-corrected chi connectivity index (χ4v) is 1.75. The maximum atomic E-state index is 5.92. The van der Waals surface area contributed by atoms with Crippen molar-refractivity contribution in [2.45, 2.75) is 6.92 Å². The van der Waals surface area contributed by atoms with Gasteiger partial charge in [-0.3, -0.25) is 0 Å². The summed E-state index contributed by atoms with van der Waals surface area (Å²) >= 11 is 17.3. The minimum atomic E-state index is 0.407. The maximum Gasteiger partial charge on any atom is 0.156 e. The fourth-order valence-electron chi connectivity index (χ4n) is 0.965. The third-order valence-electron chi connectivity index (χ3n) is 1.47. The molecular formula is C9H9Cl3O. The molecule has 0 bridgehead atoms. The standard InChI is InChI=1S/C9H9Cl3O/c1-6-4-7(11)9(8(12)5-6)13-3-2-10/h4-5H,2-3H2,1H3. The van der Waals surface area contributed by atoms with Gasteiger partial charge >= 0.3 is 0 Å². The van der Waals surface area contributed by atoms with Crippen LogP contribution < -0.4 is 4.74 Å². The lowest BCUT2D eigenvalue weighted by Crippen LogP contribution is -1.99. The molecule has 0 radical (unpaired) electrons. The Hall–Kier alpha value is -0.110. The van der Waals surface area contributed by atoms with E-state index in [1.54, 1.807) is 12.1 Å². The largest absolute Gasteiger partial charge is 0.489 e. The Morgan fingerprint density at radius 3 is 2.23 bits per heavy atom. The van der Waals surface area contributed by atoms with Crippen LogP contribution in [0.15, 0.2) is 12.1 Å². The molecule has 0 unspecified atom stereocenters. The van der Waals surface area contributed by atoms with E-state index < -0.39 is 0 Å². The van der Waals surface area contributed by atoms with Gasteiger partial charge < -0.3 is 4.74 Å². The molecule has 13 heavy (non-hydrogen) atoms. The minimum Gasteiger partial charge on any atom is -0.489 e. The molecule has 0 N–H and O–H groups in total. The van der Waals surface area contributed by atoms with Crippen LogP contribution in [0.1, 0.15) is 5.56 Å². The van der Waals surface area contributed by atoms with Crippen LogP contribution in [0.3, 0.4) is 0 Å². The lowest BCUT2D eigenvalue weighted by atomic mass is 10.2. The van der Waals surface area contributed by atoms with Crippen LogP contribution >= 0.6 is 34.8 Å². The van der Waals surface area contributed by atoms with Gasteiger partial charge in [0.15, 0.2) is 5.75 Å². The summed E-state index contributed by atoms with van der Waals surface area (Å²) in [5.41, 5.74) is 1.01. The molecule has 0 aliphatic heterocycles. The molecule has 72 valence electrons. The smallest absolute Gasteiger partial charge is 0.156 e. The number of rotatable bonds is 3. The number of ether oxygens (including phenoxy) is 1. The van der Waals surface area contributed by atoms with Gasteiger partial charge in [-0.2, -0.15) is 0 Å². The highest BCUT2D eigenvalue weighted by Crippen LogP contribution is 2.33. The predicted molar refractivity (Wildman–Crippen MR) is 57.4 cm³/mol. The average Bonchev–Trinajstić information content (AvgIpc) is 2.02. The second kappa shape index (κ2) is 4.94. The summed E-state index contributed by atoms with van der Waals surface area (Å²) in [6.45, 7) is 2.33. The van der Waals surface area contributed by atoms with Crippen LogP contribution in [-0.2, 0) is 0 Å². The summed E-state index contributed by atoms with van der Waals surface area (Å²) in [6.07, 6.45) is 0. The highest BCUT2D eigenvalue weighted by molar-refractivity contribution is 6.37. The average molecular weight is 240 g/mol. The van der Waals surface area contributed by atoms with Crippen LogP contribution in [0, 0.1) is 6.92 Å². The number of hydrogen-bond donors (Lipinski definition) is 0. The van der Waals surface area contributed by atoms with Gasteiger partial charge in [0, 0.05) is 0 Å². The van der Waals surface area contributed by atoms with E-state index in [1.165, 1.54) is 0 Å². The molecule has 0 aromatic heterocycles. The molecule has 0 heterocycles. The van der Waals surface area contributed by atoms with Gasteiger partial charge in [0.25, 0.3) is 0 Å². The second-order valence-corrected chi connectivity index (χ2v) is 3.79. The van der Waals surface area contributed by atoms with Crippen molar-refractivity contribution in [2.24, 2.45) is 0 Å². The van der Waals surface area contributed by atoms with Crippen LogP contribution in [0.25, 0.3) is 0 Å². The van der Waals surface area contributed by atoms with Crippen molar-refractivity contribution in [3.05, 3.63) is 27.7 Å². The zero-order chi connectivity index (χ0) is 9.84. The lowest BCUT2D eigenvalue weighted by molar-refractivity contribution is 0.343. The summed E-state index contributed by atoms with van der Waals surface area (Å²) in [7, 11) is 0. The van der Waals surface area contributed by atoms with Crippen LogP contribution in [0.5, 0.6) is 5.75 Å². The second-order valence-electron chi connectivity index (χ2n) is 2.60. The molecule has 0 aliphatic carbocycles. The van der Waals surface area contributed by atoms with Crippen molar-refractivity contribution >= 4 is 34.8 Å². The molecule has 0 aliphatic rings. The summed E-state index contributed by atoms with van der Waals surface area (Å²) in [5.74, 6) is 0.926. The number of aryl methyl sites for hydroxylation is 1. The van der Waals surface area contributed by atoms with Crippen molar-refractivity contribution in [3.63, 3.8) is 0 Å². The van der Waals surface area contributed by atoms with E-state index in [1.807, 2.05) is 6.92 Å². The van der Waals surface area contributed by atoms with Crippen molar-refractivity contribution in [2.75, 3.05) is 12.5 Å². The summed E-state index contributed by atoms with van der Waals surface area (Å²) in [5, 5.41) is 1.05. The van der Waals surface area contributed by atoms with E-state index >= 15 is 0 Å². The first-order chi connectivity index (χ1) is 6.15. The highest BCUT2D eigenvalue weighted by atomic mass is 35.5. The molecule has 0 spiro atoms. The molecule has 4 heteroatoms. The molecule has 0 amide bonds. The topological polar surface area (TPSA) is 9.23 Å². The first kappa shape index (κ1) is 11.0. The quantitative estimate of drug-likeness (QED) is 0.727. The Morgan fingerprint density at radius 1 is 1.23 bits per heavy atom. The number of alkyl halides is 1. The Kier molecular flexibility index (Phi) is 4.17. The minimum absolute atomic E-state index is 0.407. The van der Waals surface area contributed by atoms with Gasteiger partial charge in [0.1, 0.15) is 6.61 Å². The molecule has 1 aromatic rings. The van der Waals surface area contributed by atoms with Crippen LogP contribution in [0.4, 0.5) is 0 Å². The fraction of sp³-hybridized carbons (Fsp3) is 0.333. The normalized spacial score (nSPS) is 10.2. The molecule has 1 rings (SSSR count). The van der Waals surface area contributed by atoms with Crippen molar-refractivity contribution in [3.8, 4) is 5.75 Å². The van der Waals surface area contributed by atoms with Crippen molar-refractivity contribution < 1.29 is 4.74 Å². The Balaban J connectivity index is 2.92. The lowest BCUT2D eigenvalue weighted by Gasteiger charge is -2.08. The first-order valence-electron chi connectivity index (χ1n) is 3.79. The van der Waals surface area contributed by atoms with Crippen molar-refractivity contribution in [1.29, 1.82) is 0 Å². The van der Waals surface area contributed by atoms with Crippen LogP contribution in [-0.4, -0.2) is 12.5 Å². The Labute approximate surface area is 92.5 Å². The molecular weight excluding hydrogens is 230 g/mol. The predicted octanol–water partition coefficient (Wildman–Crippen LogP) is 3.92. The Bertz CT molecular complexity index is 276. The molecule has 0 atom stereocenters. The number of benzene rings is 1. The third-order valence-corrected chi connectivity index (χ3v) is 2.18. The zero-order valence-corrected chi connectivity index (χ0v) is 9.38. The first-order valence-corrected chi connectivity index (χ1v) is 5.08. The van der Waals surface area contributed by atoms with Gasteiger partial charge in [-0.15, -0.1) is 11.6 Å². The summed E-state index contributed by atoms with van der Waals surface area (Å²) in [6, 6.07) is 3.61. The van der Waals surface area contributed by atoms with E-state index in [-0.39, 0.29) is 0 Å². The summed E-state index contributed by atoms with van der Waals surface area (Å²) in [4.78, 5) is 0. The van der Waals surface area contributed by atoms with Gasteiger partial charge in [-0.25, -0.2) is 0 Å². The zero-order valence-electron chi connectivity index (χ0n) is 7.11. The van der Waals surface area contributed by atoms with E-state index in [2.05, 4.69) is 0 Å². The molecule has 0 saturated carbocycles. The van der Waals surface area contributed by atoms with Gasteiger partial charge in [0.2, 0.25) is 0 Å². The van der Waals surface area contributed by atoms with E-state index in [0.29, 0.717) is 28.3 Å². The molecule has 1 nitrogen and oxygen atoms in total. The van der Waals surface area contributed by atoms with Gasteiger partial charge in [0.05, 0.1) is 15.9 Å². The molecule has 0 saturated heterocycles. The number of hydrogen-bond acceptors (Lipinski definition) is 1. The maximum absolute atomic E-state index is 5.92. The highest BCUT2D eigenvalue weighted by Gasteiger charge is 2.07.